The van der Waals surface area contributed by atoms with E-state index in [0.717, 1.165) is 54.9 Å². The first-order valence-corrected chi connectivity index (χ1v) is 10.7. The Morgan fingerprint density at radius 2 is 1.82 bits per heavy atom. The quantitative estimate of drug-likeness (QED) is 0.384. The van der Waals surface area contributed by atoms with Gasteiger partial charge in [0, 0.05) is 0 Å². The summed E-state index contributed by atoms with van der Waals surface area (Å²) in [6.07, 6.45) is 6.40. The van der Waals surface area contributed by atoms with E-state index >= 15 is 0 Å². The molecule has 22 heavy (non-hydrogen) atoms. The normalized spacial score (nSPS) is 21.3. The van der Waals surface area contributed by atoms with Gasteiger partial charge in [0.25, 0.3) is 0 Å². The molecule has 122 valence electrons. The van der Waals surface area contributed by atoms with E-state index in [1.165, 1.54) is 6.42 Å². The van der Waals surface area contributed by atoms with Crippen LogP contribution in [0.4, 0.5) is 0 Å². The second-order valence-electron chi connectivity index (χ2n) is 7.21. The van der Waals surface area contributed by atoms with Gasteiger partial charge in [0.05, 0.1) is 6.61 Å². The molecule has 0 saturated heterocycles. The Kier molecular flexibility index (Phi) is 11.7. The van der Waals surface area contributed by atoms with Gasteiger partial charge in [-0.1, -0.05) is 12.6 Å². The summed E-state index contributed by atoms with van der Waals surface area (Å²) in [6, 6.07) is 0. The van der Waals surface area contributed by atoms with Crippen LogP contribution in [-0.2, 0) is 4.74 Å². The Hall–Kier alpha value is 1.36. The molecule has 1 aliphatic rings. The average Bonchev–Trinajstić information content (AvgIpc) is 2.38. The molecular formula is C18H31KOS2. The van der Waals surface area contributed by atoms with Crippen LogP contribution in [-0.4, -0.2) is 59.9 Å². The maximum atomic E-state index is 4.64. The van der Waals surface area contributed by atoms with E-state index in [-0.39, 0.29) is 0 Å². The van der Waals surface area contributed by atoms with Crippen LogP contribution in [0.1, 0.15) is 54.9 Å². The van der Waals surface area contributed by atoms with Crippen molar-refractivity contribution in [2.24, 2.45) is 17.8 Å². The molecule has 4 heteroatoms. The largest absolute Gasteiger partial charge is 0.479 e. The molecule has 0 radical (unpaired) electrons. The van der Waals surface area contributed by atoms with Crippen LogP contribution in [0.2, 0.25) is -0.490 Å². The molecule has 0 aromatic heterocycles. The van der Waals surface area contributed by atoms with Crippen LogP contribution in [0.25, 0.3) is 0 Å². The summed E-state index contributed by atoms with van der Waals surface area (Å²) < 4.78 is 5.50. The third-order valence-corrected chi connectivity index (χ3v) is 7.48. The summed E-state index contributed by atoms with van der Waals surface area (Å²) >= 11 is 8.99. The van der Waals surface area contributed by atoms with Gasteiger partial charge in [0.2, 0.25) is 4.38 Å². The molecule has 0 aromatic rings. The van der Waals surface area contributed by atoms with E-state index < -0.39 is 0 Å². The van der Waals surface area contributed by atoms with Gasteiger partial charge in [-0.3, -0.25) is 0 Å². The Bertz CT molecular complexity index is 425. The molecule has 0 bridgehead atoms. The van der Waals surface area contributed by atoms with Crippen LogP contribution in [0.5, 0.6) is 0 Å². The van der Waals surface area contributed by atoms with Crippen molar-refractivity contribution >= 4 is 78.2 Å². The fourth-order valence-corrected chi connectivity index (χ4v) is 3.78. The third kappa shape index (κ3) is 8.45. The molecule has 1 unspecified atom stereocenters. The van der Waals surface area contributed by atoms with Gasteiger partial charge >= 0.3 is 137 Å². The molecular weight excluding hydrogens is 335 g/mol. The summed E-state index contributed by atoms with van der Waals surface area (Å²) in [4.78, 5) is 0. The number of thiol groups is 1. The predicted octanol–water partition coefficient (Wildman–Crippen LogP) is 5.78. The van der Waals surface area contributed by atoms with E-state index in [1.807, 2.05) is 6.92 Å². The van der Waals surface area contributed by atoms with Crippen LogP contribution in [0.3, 0.4) is 0 Å². The molecule has 1 rings (SSSR count). The Morgan fingerprint density at radius 3 is 2.09 bits per heavy atom. The van der Waals surface area contributed by atoms with Gasteiger partial charge in [-0.2, -0.15) is 0 Å². The van der Waals surface area contributed by atoms with Gasteiger partial charge in [0.15, 0.2) is 0 Å². The topological polar surface area (TPSA) is 9.23 Å². The van der Waals surface area contributed by atoms with Gasteiger partial charge in [-0.25, -0.2) is 0 Å². The zero-order valence-electron chi connectivity index (χ0n) is 15.6. The maximum Gasteiger partial charge on any atom is 0.216 e. The number of allylic oxidation sites excluding steroid dienone is 4. The number of hydrogen-bond acceptors (Lipinski definition) is 2. The van der Waals surface area contributed by atoms with Crippen molar-refractivity contribution in [2.45, 2.75) is 54.4 Å². The maximum absolute atomic E-state index is 4.64. The molecule has 0 aromatic carbocycles. The second-order valence-corrected chi connectivity index (χ2v) is 11.2. The first-order chi connectivity index (χ1) is 10.0. The summed E-state index contributed by atoms with van der Waals surface area (Å²) in [5, 5.41) is 0. The fourth-order valence-electron chi connectivity index (χ4n) is 2.38. The molecule has 1 aliphatic carbocycles. The number of rotatable bonds is 4. The smallest absolute Gasteiger partial charge is 0.216 e. The van der Waals surface area contributed by atoms with E-state index in [2.05, 4.69) is 83.3 Å². The van der Waals surface area contributed by atoms with Crippen molar-refractivity contribution in [1.29, 1.82) is 0 Å². The van der Waals surface area contributed by atoms with Crippen molar-refractivity contribution < 1.29 is 4.74 Å². The Labute approximate surface area is 182 Å². The van der Waals surface area contributed by atoms with Gasteiger partial charge < -0.3 is 4.74 Å². The van der Waals surface area contributed by atoms with E-state index in [1.54, 1.807) is 11.1 Å². The van der Waals surface area contributed by atoms with Crippen molar-refractivity contribution in [3.63, 3.8) is 0 Å². The van der Waals surface area contributed by atoms with Crippen molar-refractivity contribution in [2.75, 3.05) is 6.61 Å². The van der Waals surface area contributed by atoms with E-state index in [0.29, 0.717) is 22.3 Å². The Morgan fingerprint density at radius 1 is 1.27 bits per heavy atom. The summed E-state index contributed by atoms with van der Waals surface area (Å²) in [5.74, 6) is 2.18. The third-order valence-electron chi connectivity index (χ3n) is 4.43. The first-order valence-electron chi connectivity index (χ1n) is 8.32. The number of hydrogen-bond donors (Lipinski definition) is 1. The minimum absolute atomic E-state index is 0.317. The minimum atomic E-state index is 0.317. The monoisotopic (exact) mass is 366 g/mol. The fraction of sp³-hybridized carbons (Fsp3) is 0.722. The standard InChI is InChI=1S/C15H25.C3H6OS2.K/c1-10(2)13-7-14(11(3)4)9-15(8-13)12(5)6;1-2-4-3(5)6;/h7-8,10-12H,9H2,1-6H3;2H2,1H3,(H,5,6);. The van der Waals surface area contributed by atoms with Gasteiger partial charge in [-0.05, 0) is 19.1 Å². The van der Waals surface area contributed by atoms with Gasteiger partial charge in [0.1, 0.15) is 0 Å². The van der Waals surface area contributed by atoms with Crippen LogP contribution >= 0.6 is 24.8 Å². The van der Waals surface area contributed by atoms with Crippen LogP contribution < -0.4 is 0 Å². The SMILES string of the molecule is CC(C)C1=C[C]([K])(C(C)C)CC(C(C)C)=C1.CCOC(=S)S. The number of thiocarbonyl (C=S) groups is 1. The molecule has 0 fully saturated rings. The molecule has 0 aliphatic heterocycles. The van der Waals surface area contributed by atoms with Crippen molar-refractivity contribution in [3.8, 4) is 0 Å². The molecule has 0 spiro atoms. The summed E-state index contributed by atoms with van der Waals surface area (Å²) in [7, 11) is 0. The van der Waals surface area contributed by atoms with Crippen LogP contribution in [0, 0.1) is 17.8 Å². The summed E-state index contributed by atoms with van der Waals surface area (Å²) in [6.45, 7) is 16.6. The molecule has 0 heterocycles. The van der Waals surface area contributed by atoms with Crippen LogP contribution in [0.15, 0.2) is 23.3 Å². The second kappa shape index (κ2) is 11.1. The summed E-state index contributed by atoms with van der Waals surface area (Å²) in [5.41, 5.74) is 3.25. The minimum Gasteiger partial charge on any atom is -0.479 e. The zero-order chi connectivity index (χ0) is 17.5. The molecule has 0 N–H and O–H groups in total. The zero-order valence-corrected chi connectivity index (χ0v) is 20.4. The van der Waals surface area contributed by atoms with Gasteiger partial charge in [-0.15, -0.1) is 0 Å². The molecule has 0 saturated carbocycles. The number of ether oxygens (including phenoxy) is 1. The Balaban J connectivity index is 0.000000626. The first kappa shape index (κ1) is 23.4. The molecule has 1 atom stereocenters. The van der Waals surface area contributed by atoms with E-state index in [4.69, 9.17) is 0 Å². The van der Waals surface area contributed by atoms with Crippen molar-refractivity contribution in [3.05, 3.63) is 23.3 Å². The average molecular weight is 367 g/mol. The molecule has 0 amide bonds. The predicted molar refractivity (Wildman–Crippen MR) is 107 cm³/mol. The molecule has 1 nitrogen and oxygen atoms in total. The van der Waals surface area contributed by atoms with Crippen molar-refractivity contribution in [1.82, 2.24) is 0 Å². The van der Waals surface area contributed by atoms with E-state index in [9.17, 15) is 0 Å².